The van der Waals surface area contributed by atoms with Crippen LogP contribution in [0.5, 0.6) is 5.75 Å². The molecule has 0 spiro atoms. The lowest BCUT2D eigenvalue weighted by Crippen LogP contribution is -2.22. The third-order valence-corrected chi connectivity index (χ3v) is 2.82. The molecule has 5 heteroatoms. The quantitative estimate of drug-likeness (QED) is 0.567. The van der Waals surface area contributed by atoms with Crippen LogP contribution in [0.15, 0.2) is 18.2 Å². The number of phenols is 1. The molecule has 19 heavy (non-hydrogen) atoms. The van der Waals surface area contributed by atoms with Gasteiger partial charge in [0.1, 0.15) is 5.75 Å². The van der Waals surface area contributed by atoms with Gasteiger partial charge < -0.3 is 20.8 Å². The summed E-state index contributed by atoms with van der Waals surface area (Å²) in [7, 11) is 0. The summed E-state index contributed by atoms with van der Waals surface area (Å²) in [6.07, 6.45) is 1.28. The van der Waals surface area contributed by atoms with Crippen molar-refractivity contribution in [1.82, 2.24) is 5.32 Å². The summed E-state index contributed by atoms with van der Waals surface area (Å²) in [6, 6.07) is 4.88. The lowest BCUT2D eigenvalue weighted by molar-refractivity contribution is -0.116. The van der Waals surface area contributed by atoms with E-state index >= 15 is 0 Å². The zero-order valence-electron chi connectivity index (χ0n) is 11.4. The Morgan fingerprint density at radius 1 is 1.42 bits per heavy atom. The number of rotatable bonds is 7. The van der Waals surface area contributed by atoms with E-state index in [1.54, 1.807) is 18.2 Å². The SMILES string of the molecule is CCCC(=O)Nc1ccc(O)c(C(C)NCCO)c1. The molecule has 1 aromatic rings. The Hall–Kier alpha value is -1.59. The second kappa shape index (κ2) is 7.76. The van der Waals surface area contributed by atoms with Crippen LogP contribution in [0.3, 0.4) is 0 Å². The molecule has 0 aromatic heterocycles. The Kier molecular flexibility index (Phi) is 6.32. The van der Waals surface area contributed by atoms with E-state index in [1.165, 1.54) is 0 Å². The molecule has 1 aromatic carbocycles. The van der Waals surface area contributed by atoms with Gasteiger partial charge in [0.2, 0.25) is 5.91 Å². The summed E-state index contributed by atoms with van der Waals surface area (Å²) in [5.74, 6) is 0.140. The summed E-state index contributed by atoms with van der Waals surface area (Å²) >= 11 is 0. The van der Waals surface area contributed by atoms with Crippen molar-refractivity contribution >= 4 is 11.6 Å². The lowest BCUT2D eigenvalue weighted by Gasteiger charge is -2.16. The molecule has 0 radical (unpaired) electrons. The minimum Gasteiger partial charge on any atom is -0.508 e. The van der Waals surface area contributed by atoms with Gasteiger partial charge in [0.05, 0.1) is 6.61 Å². The van der Waals surface area contributed by atoms with Crippen LogP contribution in [0.2, 0.25) is 0 Å². The molecule has 106 valence electrons. The van der Waals surface area contributed by atoms with Gasteiger partial charge in [-0.05, 0) is 31.5 Å². The molecule has 1 rings (SSSR count). The molecular weight excluding hydrogens is 244 g/mol. The van der Waals surface area contributed by atoms with Gasteiger partial charge in [0, 0.05) is 30.3 Å². The molecule has 0 aliphatic rings. The number of amides is 1. The molecule has 4 N–H and O–H groups in total. The molecule has 0 aliphatic heterocycles. The monoisotopic (exact) mass is 266 g/mol. The second-order valence-corrected chi connectivity index (χ2v) is 4.47. The highest BCUT2D eigenvalue weighted by atomic mass is 16.3. The van der Waals surface area contributed by atoms with Crippen molar-refractivity contribution < 1.29 is 15.0 Å². The maximum absolute atomic E-state index is 11.5. The van der Waals surface area contributed by atoms with Crippen LogP contribution in [0.25, 0.3) is 0 Å². The van der Waals surface area contributed by atoms with Gasteiger partial charge in [-0.2, -0.15) is 0 Å². The molecule has 0 saturated heterocycles. The van der Waals surface area contributed by atoms with E-state index in [1.807, 2.05) is 13.8 Å². The van der Waals surface area contributed by atoms with Crippen molar-refractivity contribution in [3.63, 3.8) is 0 Å². The summed E-state index contributed by atoms with van der Waals surface area (Å²) in [5.41, 5.74) is 1.37. The van der Waals surface area contributed by atoms with Crippen LogP contribution < -0.4 is 10.6 Å². The molecule has 5 nitrogen and oxygen atoms in total. The molecule has 0 aliphatic carbocycles. The zero-order chi connectivity index (χ0) is 14.3. The van der Waals surface area contributed by atoms with Gasteiger partial charge in [-0.15, -0.1) is 0 Å². The van der Waals surface area contributed by atoms with E-state index in [9.17, 15) is 9.90 Å². The Morgan fingerprint density at radius 2 is 2.16 bits per heavy atom. The number of phenolic OH excluding ortho intramolecular Hbond substituents is 1. The van der Waals surface area contributed by atoms with Crippen LogP contribution in [0, 0.1) is 0 Å². The second-order valence-electron chi connectivity index (χ2n) is 4.47. The number of nitrogens with one attached hydrogen (secondary N) is 2. The highest BCUT2D eigenvalue weighted by molar-refractivity contribution is 5.90. The number of hydrogen-bond donors (Lipinski definition) is 4. The van der Waals surface area contributed by atoms with Crippen LogP contribution >= 0.6 is 0 Å². The molecule has 0 bridgehead atoms. The number of anilines is 1. The minimum absolute atomic E-state index is 0.0323. The van der Waals surface area contributed by atoms with E-state index < -0.39 is 0 Å². The number of aliphatic hydroxyl groups is 1. The number of benzene rings is 1. The van der Waals surface area contributed by atoms with Crippen LogP contribution in [0.4, 0.5) is 5.69 Å². The molecular formula is C14H22N2O3. The van der Waals surface area contributed by atoms with Crippen LogP contribution in [-0.2, 0) is 4.79 Å². The van der Waals surface area contributed by atoms with Crippen molar-refractivity contribution in [2.75, 3.05) is 18.5 Å². The maximum atomic E-state index is 11.5. The molecule has 1 atom stereocenters. The fraction of sp³-hybridized carbons (Fsp3) is 0.500. The predicted molar refractivity (Wildman–Crippen MR) is 75.1 cm³/mol. The standard InChI is InChI=1S/C14H22N2O3/c1-3-4-14(19)16-11-5-6-13(18)12(9-11)10(2)15-7-8-17/h5-6,9-10,15,17-18H,3-4,7-8H2,1-2H3,(H,16,19). The molecule has 1 amide bonds. The summed E-state index contributed by atoms with van der Waals surface area (Å²) in [5, 5.41) is 24.5. The van der Waals surface area contributed by atoms with E-state index in [4.69, 9.17) is 5.11 Å². The van der Waals surface area contributed by atoms with E-state index in [0.717, 1.165) is 6.42 Å². The van der Waals surface area contributed by atoms with E-state index in [-0.39, 0.29) is 24.3 Å². The topological polar surface area (TPSA) is 81.6 Å². The largest absolute Gasteiger partial charge is 0.508 e. The van der Waals surface area contributed by atoms with Crippen molar-refractivity contribution in [1.29, 1.82) is 0 Å². The molecule has 0 saturated carbocycles. The van der Waals surface area contributed by atoms with Gasteiger partial charge in [0.15, 0.2) is 0 Å². The van der Waals surface area contributed by atoms with Crippen LogP contribution in [-0.4, -0.2) is 29.3 Å². The number of hydrogen-bond acceptors (Lipinski definition) is 4. The normalized spacial score (nSPS) is 12.2. The first kappa shape index (κ1) is 15.5. The average molecular weight is 266 g/mol. The van der Waals surface area contributed by atoms with Crippen molar-refractivity contribution in [3.05, 3.63) is 23.8 Å². The third-order valence-electron chi connectivity index (χ3n) is 2.82. The Labute approximate surface area is 113 Å². The lowest BCUT2D eigenvalue weighted by atomic mass is 10.1. The van der Waals surface area contributed by atoms with Crippen LogP contribution in [0.1, 0.15) is 38.3 Å². The Morgan fingerprint density at radius 3 is 2.79 bits per heavy atom. The average Bonchev–Trinajstić information content (AvgIpc) is 2.38. The summed E-state index contributed by atoms with van der Waals surface area (Å²) in [6.45, 7) is 4.33. The number of aliphatic hydroxyl groups excluding tert-OH is 1. The van der Waals surface area contributed by atoms with Gasteiger partial charge in [-0.3, -0.25) is 4.79 Å². The van der Waals surface area contributed by atoms with Crippen molar-refractivity contribution in [2.24, 2.45) is 0 Å². The summed E-state index contributed by atoms with van der Waals surface area (Å²) < 4.78 is 0. The highest BCUT2D eigenvalue weighted by Crippen LogP contribution is 2.27. The smallest absolute Gasteiger partial charge is 0.224 e. The number of aromatic hydroxyl groups is 1. The Bertz CT molecular complexity index is 421. The fourth-order valence-corrected chi connectivity index (χ4v) is 1.82. The fourth-order valence-electron chi connectivity index (χ4n) is 1.82. The minimum atomic E-state index is -0.102. The maximum Gasteiger partial charge on any atom is 0.224 e. The molecule has 0 heterocycles. The first-order valence-electron chi connectivity index (χ1n) is 6.55. The van der Waals surface area contributed by atoms with Crippen molar-refractivity contribution in [3.8, 4) is 5.75 Å². The molecule has 0 fully saturated rings. The van der Waals surface area contributed by atoms with Gasteiger partial charge in [0.25, 0.3) is 0 Å². The first-order chi connectivity index (χ1) is 9.08. The number of carbonyl (C=O) groups is 1. The Balaban J connectivity index is 2.78. The summed E-state index contributed by atoms with van der Waals surface area (Å²) in [4.78, 5) is 11.5. The van der Waals surface area contributed by atoms with Crippen molar-refractivity contribution in [2.45, 2.75) is 32.7 Å². The van der Waals surface area contributed by atoms with E-state index in [2.05, 4.69) is 10.6 Å². The third kappa shape index (κ3) is 4.89. The first-order valence-corrected chi connectivity index (χ1v) is 6.55. The molecule has 1 unspecified atom stereocenters. The van der Waals surface area contributed by atoms with E-state index in [0.29, 0.717) is 24.2 Å². The van der Waals surface area contributed by atoms with Gasteiger partial charge in [-0.25, -0.2) is 0 Å². The van der Waals surface area contributed by atoms with Gasteiger partial charge in [-0.1, -0.05) is 6.92 Å². The predicted octanol–water partition coefficient (Wildman–Crippen LogP) is 1.77. The zero-order valence-corrected chi connectivity index (χ0v) is 11.4. The highest BCUT2D eigenvalue weighted by Gasteiger charge is 2.11. The van der Waals surface area contributed by atoms with Gasteiger partial charge >= 0.3 is 0 Å². The number of carbonyl (C=O) groups excluding carboxylic acids is 1.